The number of halogens is 2. The second-order valence-electron chi connectivity index (χ2n) is 8.15. The van der Waals surface area contributed by atoms with Crippen molar-refractivity contribution in [1.82, 2.24) is 5.32 Å². The Bertz CT molecular complexity index is 656. The lowest BCUT2D eigenvalue weighted by molar-refractivity contribution is -0.930. The van der Waals surface area contributed by atoms with Crippen molar-refractivity contribution < 1.29 is 19.4 Å². The molecule has 0 bridgehead atoms. The van der Waals surface area contributed by atoms with Crippen molar-refractivity contribution >= 4 is 40.7 Å². The number of hydrogen-bond acceptors (Lipinski definition) is 2. The first-order valence-electron chi connectivity index (χ1n) is 9.36. The van der Waals surface area contributed by atoms with Gasteiger partial charge in [0, 0.05) is 12.0 Å². The summed E-state index contributed by atoms with van der Waals surface area (Å²) in [5.41, 5.74) is 0.253. The van der Waals surface area contributed by atoms with Crippen molar-refractivity contribution in [3.8, 4) is 0 Å². The second kappa shape index (κ2) is 9.73. The van der Waals surface area contributed by atoms with Crippen LogP contribution in [0.5, 0.6) is 0 Å². The van der Waals surface area contributed by atoms with Gasteiger partial charge in [-0.15, -0.1) is 0 Å². The number of carbonyl (C=O) groups is 2. The lowest BCUT2D eigenvalue weighted by Crippen LogP contribution is -3.18. The van der Waals surface area contributed by atoms with E-state index in [0.29, 0.717) is 28.8 Å². The molecule has 0 aliphatic carbocycles. The summed E-state index contributed by atoms with van der Waals surface area (Å²) in [6, 6.07) is 5.14. The Labute approximate surface area is 171 Å². The number of hydrogen-bond donors (Lipinski definition) is 4. The van der Waals surface area contributed by atoms with E-state index in [-0.39, 0.29) is 17.4 Å². The zero-order valence-corrected chi connectivity index (χ0v) is 17.8. The third-order valence-electron chi connectivity index (χ3n) is 4.46. The third kappa shape index (κ3) is 7.66. The van der Waals surface area contributed by atoms with Crippen LogP contribution in [-0.2, 0) is 9.59 Å². The molecule has 8 heteroatoms. The first-order chi connectivity index (χ1) is 12.6. The molecule has 1 aliphatic heterocycles. The summed E-state index contributed by atoms with van der Waals surface area (Å²) in [7, 11) is 0. The molecule has 0 radical (unpaired) electrons. The maximum atomic E-state index is 12.4. The van der Waals surface area contributed by atoms with Gasteiger partial charge in [0.25, 0.3) is 11.8 Å². The van der Waals surface area contributed by atoms with E-state index >= 15 is 0 Å². The van der Waals surface area contributed by atoms with E-state index in [9.17, 15) is 9.59 Å². The Kier molecular flexibility index (Phi) is 7.91. The minimum Gasteiger partial charge on any atom is -0.347 e. The highest BCUT2D eigenvalue weighted by molar-refractivity contribution is 6.39. The minimum absolute atomic E-state index is 0.0760. The fourth-order valence-corrected chi connectivity index (χ4v) is 3.75. The minimum atomic E-state index is -0.211. The molecule has 1 aromatic rings. The van der Waals surface area contributed by atoms with Crippen LogP contribution in [0.25, 0.3) is 0 Å². The Balaban J connectivity index is 1.82. The van der Waals surface area contributed by atoms with Gasteiger partial charge in [0.2, 0.25) is 0 Å². The van der Waals surface area contributed by atoms with Crippen LogP contribution in [0.1, 0.15) is 27.2 Å². The van der Waals surface area contributed by atoms with E-state index in [0.717, 1.165) is 32.6 Å². The predicted molar refractivity (Wildman–Crippen MR) is 109 cm³/mol. The van der Waals surface area contributed by atoms with Gasteiger partial charge in [-0.25, -0.2) is 0 Å². The van der Waals surface area contributed by atoms with Crippen molar-refractivity contribution in [2.24, 2.45) is 0 Å². The summed E-state index contributed by atoms with van der Waals surface area (Å²) >= 11 is 12.2. The van der Waals surface area contributed by atoms with Gasteiger partial charge in [0.05, 0.1) is 28.8 Å². The fraction of sp³-hybridized carbons (Fsp3) is 0.579. The number of anilines is 1. The van der Waals surface area contributed by atoms with E-state index in [1.165, 1.54) is 9.80 Å². The van der Waals surface area contributed by atoms with E-state index in [1.54, 1.807) is 18.2 Å². The van der Waals surface area contributed by atoms with Gasteiger partial charge >= 0.3 is 0 Å². The maximum absolute atomic E-state index is 12.4. The Morgan fingerprint density at radius 2 is 1.48 bits per heavy atom. The van der Waals surface area contributed by atoms with Crippen molar-refractivity contribution in [2.75, 3.05) is 44.6 Å². The lowest BCUT2D eigenvalue weighted by Gasteiger charge is -2.22. The monoisotopic (exact) mass is 416 g/mol. The lowest BCUT2D eigenvalue weighted by atomic mass is 10.1. The van der Waals surface area contributed by atoms with E-state index < -0.39 is 0 Å². The van der Waals surface area contributed by atoms with Crippen molar-refractivity contribution in [2.45, 2.75) is 32.7 Å². The van der Waals surface area contributed by atoms with Crippen molar-refractivity contribution in [1.29, 1.82) is 0 Å². The molecule has 1 aromatic carbocycles. The predicted octanol–water partition coefficient (Wildman–Crippen LogP) is 0.0201. The van der Waals surface area contributed by atoms with Gasteiger partial charge in [-0.05, 0) is 32.9 Å². The van der Waals surface area contributed by atoms with E-state index in [4.69, 9.17) is 23.2 Å². The van der Waals surface area contributed by atoms with Crippen LogP contribution in [-0.4, -0.2) is 56.6 Å². The molecule has 0 aromatic heterocycles. The standard InChI is InChI=1S/C19H28Cl2N4O2/c1-19(2,3)23-17(27)13-25-9-5-8-24(10-11-25)12-16(26)22-18-14(20)6-4-7-15(18)21/h4,6-7H,5,8-13H2,1-3H3,(H,22,26)(H,23,27)/p+2. The van der Waals surface area contributed by atoms with Crippen LogP contribution < -0.4 is 20.4 Å². The zero-order valence-electron chi connectivity index (χ0n) is 16.3. The molecule has 1 saturated heterocycles. The summed E-state index contributed by atoms with van der Waals surface area (Å²) < 4.78 is 0. The van der Waals surface area contributed by atoms with Crippen LogP contribution in [0.4, 0.5) is 5.69 Å². The topological polar surface area (TPSA) is 67.1 Å². The molecule has 2 amide bonds. The normalized spacial score (nSPS) is 20.6. The average Bonchev–Trinajstić information content (AvgIpc) is 2.74. The van der Waals surface area contributed by atoms with E-state index in [2.05, 4.69) is 10.6 Å². The zero-order chi connectivity index (χ0) is 20.0. The molecule has 27 heavy (non-hydrogen) atoms. The molecular weight excluding hydrogens is 387 g/mol. The SMILES string of the molecule is CC(C)(C)NC(=O)C[NH+]1CCC[NH+](CC(=O)Nc2c(Cl)cccc2Cl)CC1. The molecule has 1 aliphatic rings. The molecule has 6 nitrogen and oxygen atoms in total. The van der Waals surface area contributed by atoms with Crippen LogP contribution in [0.15, 0.2) is 18.2 Å². The molecule has 2 rings (SSSR count). The Hall–Kier alpha value is -1.34. The molecule has 150 valence electrons. The Morgan fingerprint density at radius 1 is 0.963 bits per heavy atom. The summed E-state index contributed by atoms with van der Waals surface area (Å²) in [6.45, 7) is 10.4. The number of para-hydroxylation sites is 1. The molecular formula is C19H30Cl2N4O2+2. The van der Waals surface area contributed by atoms with Crippen LogP contribution in [0.2, 0.25) is 10.0 Å². The van der Waals surface area contributed by atoms with Gasteiger partial charge in [-0.3, -0.25) is 9.59 Å². The molecule has 1 heterocycles. The Morgan fingerprint density at radius 3 is 2.00 bits per heavy atom. The molecule has 2 unspecified atom stereocenters. The van der Waals surface area contributed by atoms with Crippen molar-refractivity contribution in [3.63, 3.8) is 0 Å². The molecule has 4 N–H and O–H groups in total. The summed E-state index contributed by atoms with van der Waals surface area (Å²) in [4.78, 5) is 27.0. The first-order valence-corrected chi connectivity index (χ1v) is 10.1. The molecule has 0 saturated carbocycles. The summed E-state index contributed by atoms with van der Waals surface area (Å²) in [6.07, 6.45) is 0.980. The number of quaternary nitrogens is 2. The highest BCUT2D eigenvalue weighted by atomic mass is 35.5. The van der Waals surface area contributed by atoms with Gasteiger partial charge in [0.15, 0.2) is 13.1 Å². The summed E-state index contributed by atoms with van der Waals surface area (Å²) in [5, 5.41) is 6.70. The van der Waals surface area contributed by atoms with E-state index in [1.807, 2.05) is 20.8 Å². The third-order valence-corrected chi connectivity index (χ3v) is 5.09. The van der Waals surface area contributed by atoms with Crippen LogP contribution in [0.3, 0.4) is 0 Å². The van der Waals surface area contributed by atoms with Crippen molar-refractivity contribution in [3.05, 3.63) is 28.2 Å². The number of rotatable bonds is 5. The van der Waals surface area contributed by atoms with Gasteiger partial charge in [-0.1, -0.05) is 29.3 Å². The van der Waals surface area contributed by atoms with Gasteiger partial charge < -0.3 is 20.4 Å². The smallest absolute Gasteiger partial charge is 0.279 e. The fourth-order valence-electron chi connectivity index (χ4n) is 3.26. The summed E-state index contributed by atoms with van der Waals surface area (Å²) in [5.74, 6) is -0.0269. The van der Waals surface area contributed by atoms with Gasteiger partial charge in [-0.2, -0.15) is 0 Å². The van der Waals surface area contributed by atoms with Crippen LogP contribution in [0, 0.1) is 0 Å². The molecule has 2 atom stereocenters. The highest BCUT2D eigenvalue weighted by Gasteiger charge is 2.25. The largest absolute Gasteiger partial charge is 0.347 e. The van der Waals surface area contributed by atoms with Crippen LogP contribution >= 0.6 is 23.2 Å². The number of carbonyl (C=O) groups excluding carboxylic acids is 2. The quantitative estimate of drug-likeness (QED) is 0.546. The van der Waals surface area contributed by atoms with Gasteiger partial charge in [0.1, 0.15) is 13.1 Å². The molecule has 1 fully saturated rings. The number of benzene rings is 1. The molecule has 0 spiro atoms. The second-order valence-corrected chi connectivity index (χ2v) is 8.96. The number of nitrogens with one attached hydrogen (secondary N) is 4. The highest BCUT2D eigenvalue weighted by Crippen LogP contribution is 2.29. The first kappa shape index (κ1) is 22.0. The maximum Gasteiger partial charge on any atom is 0.279 e. The number of amides is 2. The average molecular weight is 417 g/mol.